The van der Waals surface area contributed by atoms with Gasteiger partial charge in [-0.2, -0.15) is 0 Å². The topological polar surface area (TPSA) is 58.2 Å². The van der Waals surface area contributed by atoms with E-state index >= 15 is 0 Å². The van der Waals surface area contributed by atoms with Crippen molar-refractivity contribution in [3.63, 3.8) is 0 Å². The van der Waals surface area contributed by atoms with E-state index in [1.54, 1.807) is 12.5 Å². The van der Waals surface area contributed by atoms with E-state index in [9.17, 15) is 4.79 Å². The van der Waals surface area contributed by atoms with Gasteiger partial charge in [-0.25, -0.2) is 4.98 Å². The Balaban J connectivity index is 1.70. The molecule has 1 aliphatic heterocycles. The molecule has 0 unspecified atom stereocenters. The van der Waals surface area contributed by atoms with Crippen molar-refractivity contribution in [2.24, 2.45) is 0 Å². The van der Waals surface area contributed by atoms with E-state index in [4.69, 9.17) is 4.74 Å². The summed E-state index contributed by atoms with van der Waals surface area (Å²) in [6.45, 7) is 5.33. The largest absolute Gasteiger partial charge is 0.363 e. The van der Waals surface area contributed by atoms with Gasteiger partial charge in [-0.1, -0.05) is 29.8 Å². The molecule has 1 amide bonds. The van der Waals surface area contributed by atoms with E-state index in [0.29, 0.717) is 19.5 Å². The molecule has 5 heteroatoms. The normalized spacial score (nSPS) is 22.1. The van der Waals surface area contributed by atoms with Gasteiger partial charge in [0.25, 0.3) is 5.91 Å². The molecular weight excluding hydrogens is 278 g/mol. The van der Waals surface area contributed by atoms with Gasteiger partial charge in [0.1, 0.15) is 6.10 Å². The van der Waals surface area contributed by atoms with Gasteiger partial charge in [-0.05, 0) is 19.4 Å². The Bertz CT molecular complexity index is 622. The molecular formula is C17H21N3O2. The fraction of sp³-hybridized carbons (Fsp3) is 0.412. The number of hydrogen-bond donors (Lipinski definition) is 1. The second-order valence-corrected chi connectivity index (χ2v) is 5.92. The van der Waals surface area contributed by atoms with Crippen molar-refractivity contribution in [3.8, 4) is 0 Å². The van der Waals surface area contributed by atoms with Crippen LogP contribution >= 0.6 is 0 Å². The van der Waals surface area contributed by atoms with E-state index in [1.165, 1.54) is 5.56 Å². The summed E-state index contributed by atoms with van der Waals surface area (Å²) in [5.41, 5.74) is 3.29. The minimum Gasteiger partial charge on any atom is -0.363 e. The van der Waals surface area contributed by atoms with Gasteiger partial charge < -0.3 is 14.6 Å². The van der Waals surface area contributed by atoms with Crippen LogP contribution in [0.25, 0.3) is 0 Å². The van der Waals surface area contributed by atoms with E-state index in [1.807, 2.05) is 11.8 Å². The van der Waals surface area contributed by atoms with Crippen molar-refractivity contribution in [3.05, 3.63) is 53.6 Å². The first-order valence-corrected chi connectivity index (χ1v) is 7.59. The molecule has 0 aliphatic carbocycles. The Morgan fingerprint density at radius 3 is 2.82 bits per heavy atom. The van der Waals surface area contributed by atoms with Crippen molar-refractivity contribution in [2.45, 2.75) is 39.0 Å². The van der Waals surface area contributed by atoms with Gasteiger partial charge >= 0.3 is 0 Å². The number of hydrogen-bond acceptors (Lipinski definition) is 3. The average Bonchev–Trinajstić information content (AvgIpc) is 2.99. The molecule has 22 heavy (non-hydrogen) atoms. The Kier molecular flexibility index (Phi) is 4.24. The summed E-state index contributed by atoms with van der Waals surface area (Å²) in [5, 5.41) is 0. The maximum Gasteiger partial charge on any atom is 0.252 e. The second kappa shape index (κ2) is 6.32. The summed E-state index contributed by atoms with van der Waals surface area (Å²) in [4.78, 5) is 21.5. The Morgan fingerprint density at radius 2 is 2.14 bits per heavy atom. The van der Waals surface area contributed by atoms with Crippen molar-refractivity contribution in [1.29, 1.82) is 0 Å². The quantitative estimate of drug-likeness (QED) is 0.940. The fourth-order valence-corrected chi connectivity index (χ4v) is 2.77. The molecule has 1 aromatic carbocycles. The van der Waals surface area contributed by atoms with Crippen molar-refractivity contribution >= 4 is 5.91 Å². The van der Waals surface area contributed by atoms with Crippen LogP contribution in [0.4, 0.5) is 0 Å². The highest BCUT2D eigenvalue weighted by Crippen LogP contribution is 2.18. The highest BCUT2D eigenvalue weighted by molar-refractivity contribution is 5.82. The molecule has 1 fully saturated rings. The zero-order chi connectivity index (χ0) is 15.5. The lowest BCUT2D eigenvalue weighted by Gasteiger charge is -2.36. The monoisotopic (exact) mass is 299 g/mol. The summed E-state index contributed by atoms with van der Waals surface area (Å²) in [6, 6.07) is 8.30. The number of imidazole rings is 1. The van der Waals surface area contributed by atoms with Crippen LogP contribution in [-0.2, 0) is 22.5 Å². The molecule has 1 saturated heterocycles. The summed E-state index contributed by atoms with van der Waals surface area (Å²) in [7, 11) is 0. The third kappa shape index (κ3) is 3.36. The molecule has 116 valence electrons. The first kappa shape index (κ1) is 14.8. The highest BCUT2D eigenvalue weighted by atomic mass is 16.5. The predicted molar refractivity (Wildman–Crippen MR) is 83.2 cm³/mol. The van der Waals surface area contributed by atoms with Gasteiger partial charge in [-0.15, -0.1) is 0 Å². The molecule has 1 aliphatic rings. The fourth-order valence-electron chi connectivity index (χ4n) is 2.77. The first-order chi connectivity index (χ1) is 10.6. The number of rotatable bonds is 4. The lowest BCUT2D eigenvalue weighted by Crippen LogP contribution is -2.51. The molecule has 3 rings (SSSR count). The van der Waals surface area contributed by atoms with Crippen LogP contribution in [0, 0.1) is 6.92 Å². The van der Waals surface area contributed by atoms with E-state index in [2.05, 4.69) is 41.2 Å². The van der Waals surface area contributed by atoms with Crippen LogP contribution in [0.2, 0.25) is 0 Å². The zero-order valence-electron chi connectivity index (χ0n) is 13.0. The number of carbonyl (C=O) groups is 1. The minimum absolute atomic E-state index is 0.0380. The van der Waals surface area contributed by atoms with Crippen molar-refractivity contribution in [1.82, 2.24) is 14.9 Å². The summed E-state index contributed by atoms with van der Waals surface area (Å²) in [5.74, 6) is 0.0493. The number of amides is 1. The minimum atomic E-state index is -0.436. The number of nitrogens with one attached hydrogen (secondary N) is 1. The van der Waals surface area contributed by atoms with Crippen LogP contribution in [0.3, 0.4) is 0 Å². The highest BCUT2D eigenvalue weighted by Gasteiger charge is 2.33. The summed E-state index contributed by atoms with van der Waals surface area (Å²) < 4.78 is 5.82. The number of nitrogens with zero attached hydrogens (tertiary/aromatic N) is 2. The van der Waals surface area contributed by atoms with E-state index in [0.717, 1.165) is 11.3 Å². The number of benzene rings is 1. The maximum atomic E-state index is 12.6. The summed E-state index contributed by atoms with van der Waals surface area (Å²) >= 11 is 0. The third-order valence-corrected chi connectivity index (χ3v) is 3.92. The van der Waals surface area contributed by atoms with Crippen molar-refractivity contribution < 1.29 is 9.53 Å². The molecule has 1 N–H and O–H groups in total. The smallest absolute Gasteiger partial charge is 0.252 e. The number of aromatic nitrogens is 2. The number of aryl methyl sites for hydroxylation is 1. The van der Waals surface area contributed by atoms with Gasteiger partial charge in [-0.3, -0.25) is 4.79 Å². The van der Waals surface area contributed by atoms with Crippen LogP contribution in [0.1, 0.15) is 23.7 Å². The van der Waals surface area contributed by atoms with Gasteiger partial charge in [0.2, 0.25) is 0 Å². The number of aromatic amines is 1. The Morgan fingerprint density at radius 1 is 1.36 bits per heavy atom. The molecule has 1 aromatic heterocycles. The molecule has 5 nitrogen and oxygen atoms in total. The molecule has 2 atom stereocenters. The first-order valence-electron chi connectivity index (χ1n) is 7.59. The number of H-pyrrole nitrogens is 1. The molecule has 2 heterocycles. The molecule has 0 spiro atoms. The second-order valence-electron chi connectivity index (χ2n) is 5.92. The van der Waals surface area contributed by atoms with Gasteiger partial charge in [0, 0.05) is 31.4 Å². The zero-order valence-corrected chi connectivity index (χ0v) is 13.0. The number of ether oxygens (including phenoxy) is 1. The Labute approximate surface area is 130 Å². The maximum absolute atomic E-state index is 12.6. The molecule has 0 bridgehead atoms. The standard InChI is InChI=1S/C17H21N3O2/c1-12-3-5-14(6-4-12)10-20-9-13(2)22-16(17(20)21)7-15-8-18-11-19-15/h3-6,8,11,13,16H,7,9-10H2,1-2H3,(H,18,19)/t13-,16+/m1/s1. The Hall–Kier alpha value is -2.14. The number of morpholine rings is 1. The van der Waals surface area contributed by atoms with Crippen LogP contribution in [0.15, 0.2) is 36.8 Å². The molecule has 2 aromatic rings. The third-order valence-electron chi connectivity index (χ3n) is 3.92. The molecule has 0 radical (unpaired) electrons. The average molecular weight is 299 g/mol. The van der Waals surface area contributed by atoms with Crippen LogP contribution in [-0.4, -0.2) is 39.5 Å². The SMILES string of the molecule is Cc1ccc(CN2C[C@@H](C)O[C@@H](Cc3cnc[nH]3)C2=O)cc1. The van der Waals surface area contributed by atoms with Crippen LogP contribution < -0.4 is 0 Å². The van der Waals surface area contributed by atoms with E-state index < -0.39 is 6.10 Å². The van der Waals surface area contributed by atoms with Crippen molar-refractivity contribution in [2.75, 3.05) is 6.54 Å². The van der Waals surface area contributed by atoms with Gasteiger partial charge in [0.15, 0.2) is 0 Å². The lowest BCUT2D eigenvalue weighted by atomic mass is 10.1. The summed E-state index contributed by atoms with van der Waals surface area (Å²) in [6.07, 6.45) is 3.50. The van der Waals surface area contributed by atoms with Crippen LogP contribution in [0.5, 0.6) is 0 Å². The van der Waals surface area contributed by atoms with E-state index in [-0.39, 0.29) is 12.0 Å². The lowest BCUT2D eigenvalue weighted by molar-refractivity contribution is -0.161. The van der Waals surface area contributed by atoms with Gasteiger partial charge in [0.05, 0.1) is 12.4 Å². The predicted octanol–water partition coefficient (Wildman–Crippen LogP) is 2.08. The number of carbonyl (C=O) groups excluding carboxylic acids is 1. The molecule has 0 saturated carbocycles.